The van der Waals surface area contributed by atoms with Crippen molar-refractivity contribution in [3.05, 3.63) is 24.3 Å². The van der Waals surface area contributed by atoms with E-state index in [4.69, 9.17) is 9.47 Å². The first-order valence-electron chi connectivity index (χ1n) is 3.97. The van der Waals surface area contributed by atoms with E-state index in [0.29, 0.717) is 6.61 Å². The molecule has 1 N–H and O–H groups in total. The predicted molar refractivity (Wildman–Crippen MR) is 60.5 cm³/mol. The largest absolute Gasteiger partial charge is 0.497 e. The lowest BCUT2D eigenvalue weighted by molar-refractivity contribution is 0.325. The van der Waals surface area contributed by atoms with E-state index in [1.807, 2.05) is 24.3 Å². The number of nitrogens with one attached hydrogen (secondary N) is 1. The summed E-state index contributed by atoms with van der Waals surface area (Å²) in [7, 11) is 1.65. The molecule has 0 amide bonds. The van der Waals surface area contributed by atoms with Crippen LogP contribution in [0.2, 0.25) is 0 Å². The number of rotatable bonds is 5. The number of methoxy groups -OCH3 is 1. The zero-order valence-corrected chi connectivity index (χ0v) is 9.58. The Kier molecular flexibility index (Phi) is 4.92. The maximum Gasteiger partial charge on any atom is 0.119 e. The van der Waals surface area contributed by atoms with Crippen molar-refractivity contribution in [1.29, 1.82) is 0 Å². The van der Waals surface area contributed by atoms with Crippen molar-refractivity contribution in [3.8, 4) is 11.5 Å². The van der Waals surface area contributed by atoms with Crippen LogP contribution in [0, 0.1) is 0 Å². The molecule has 13 heavy (non-hydrogen) atoms. The Labute approximate surface area is 91.9 Å². The van der Waals surface area contributed by atoms with Crippen LogP contribution < -0.4 is 13.0 Å². The number of halogens is 1. The molecule has 0 unspecified atom stereocenters. The van der Waals surface area contributed by atoms with Gasteiger partial charge in [0.15, 0.2) is 0 Å². The Balaban J connectivity index is 2.40. The molecular weight excluding hydrogens is 281 g/mol. The number of benzene rings is 1. The zero-order chi connectivity index (χ0) is 9.52. The Morgan fingerprint density at radius 1 is 1.23 bits per heavy atom. The average molecular weight is 293 g/mol. The van der Waals surface area contributed by atoms with E-state index in [1.165, 1.54) is 0 Å². The molecule has 0 spiro atoms. The van der Waals surface area contributed by atoms with Gasteiger partial charge in [-0.3, -0.25) is 3.53 Å². The lowest BCUT2D eigenvalue weighted by Gasteiger charge is -2.05. The van der Waals surface area contributed by atoms with Crippen LogP contribution in [0.25, 0.3) is 0 Å². The van der Waals surface area contributed by atoms with Gasteiger partial charge >= 0.3 is 0 Å². The fraction of sp³-hybridized carbons (Fsp3) is 0.333. The van der Waals surface area contributed by atoms with Crippen LogP contribution in [-0.4, -0.2) is 20.3 Å². The van der Waals surface area contributed by atoms with E-state index in [-0.39, 0.29) is 0 Å². The SMILES string of the molecule is COc1ccc(OCCNI)cc1. The van der Waals surface area contributed by atoms with E-state index in [2.05, 4.69) is 26.4 Å². The summed E-state index contributed by atoms with van der Waals surface area (Å²) in [5.74, 6) is 1.71. The van der Waals surface area contributed by atoms with E-state index in [0.717, 1.165) is 18.0 Å². The van der Waals surface area contributed by atoms with Crippen molar-refractivity contribution >= 4 is 22.9 Å². The lowest BCUT2D eigenvalue weighted by atomic mass is 10.3. The third-order valence-corrected chi connectivity index (χ3v) is 2.06. The monoisotopic (exact) mass is 293 g/mol. The topological polar surface area (TPSA) is 30.5 Å². The third-order valence-electron chi connectivity index (χ3n) is 1.52. The lowest BCUT2D eigenvalue weighted by Crippen LogP contribution is -2.10. The molecule has 0 saturated heterocycles. The Bertz CT molecular complexity index is 238. The van der Waals surface area contributed by atoms with Crippen molar-refractivity contribution in [2.45, 2.75) is 0 Å². The molecule has 0 saturated carbocycles. The quantitative estimate of drug-likeness (QED) is 0.512. The summed E-state index contributed by atoms with van der Waals surface area (Å²) in [4.78, 5) is 0. The minimum absolute atomic E-state index is 0.676. The fourth-order valence-electron chi connectivity index (χ4n) is 0.879. The van der Waals surface area contributed by atoms with Gasteiger partial charge in [-0.25, -0.2) is 0 Å². The van der Waals surface area contributed by atoms with E-state index < -0.39 is 0 Å². The van der Waals surface area contributed by atoms with Crippen LogP contribution in [0.15, 0.2) is 24.3 Å². The van der Waals surface area contributed by atoms with Crippen LogP contribution in [0.4, 0.5) is 0 Å². The summed E-state index contributed by atoms with van der Waals surface area (Å²) < 4.78 is 13.4. The summed E-state index contributed by atoms with van der Waals surface area (Å²) in [6.07, 6.45) is 0. The van der Waals surface area contributed by atoms with Crippen LogP contribution >= 0.6 is 22.9 Å². The third kappa shape index (κ3) is 3.82. The second-order valence-corrected chi connectivity index (χ2v) is 3.17. The highest BCUT2D eigenvalue weighted by Crippen LogP contribution is 2.16. The molecule has 0 bridgehead atoms. The molecule has 0 radical (unpaired) electrons. The van der Waals surface area contributed by atoms with Crippen molar-refractivity contribution in [2.75, 3.05) is 20.3 Å². The van der Waals surface area contributed by atoms with Gasteiger partial charge in [0, 0.05) is 29.4 Å². The molecule has 72 valence electrons. The van der Waals surface area contributed by atoms with Gasteiger partial charge in [0.25, 0.3) is 0 Å². The summed E-state index contributed by atoms with van der Waals surface area (Å²) in [6.45, 7) is 1.52. The predicted octanol–water partition coefficient (Wildman–Crippen LogP) is 2.01. The van der Waals surface area contributed by atoms with Gasteiger partial charge in [0.2, 0.25) is 0 Å². The normalized spacial score (nSPS) is 9.69. The Morgan fingerprint density at radius 3 is 2.38 bits per heavy atom. The van der Waals surface area contributed by atoms with E-state index >= 15 is 0 Å². The van der Waals surface area contributed by atoms with Crippen molar-refractivity contribution in [3.63, 3.8) is 0 Å². The van der Waals surface area contributed by atoms with Crippen molar-refractivity contribution < 1.29 is 9.47 Å². The number of ether oxygens (including phenoxy) is 2. The Morgan fingerprint density at radius 2 is 1.85 bits per heavy atom. The van der Waals surface area contributed by atoms with Crippen molar-refractivity contribution in [1.82, 2.24) is 3.53 Å². The van der Waals surface area contributed by atoms with Crippen molar-refractivity contribution in [2.24, 2.45) is 0 Å². The highest BCUT2D eigenvalue weighted by atomic mass is 127. The molecule has 4 heteroatoms. The van der Waals surface area contributed by atoms with Crippen LogP contribution in [-0.2, 0) is 0 Å². The molecule has 0 aliphatic rings. The molecule has 1 rings (SSSR count). The maximum atomic E-state index is 5.42. The van der Waals surface area contributed by atoms with Gasteiger partial charge in [-0.15, -0.1) is 0 Å². The summed E-state index contributed by atoms with van der Waals surface area (Å²) in [6, 6.07) is 7.55. The summed E-state index contributed by atoms with van der Waals surface area (Å²) in [5, 5.41) is 0. The van der Waals surface area contributed by atoms with Gasteiger partial charge in [-0.2, -0.15) is 0 Å². The Hall–Kier alpha value is -0.490. The maximum absolute atomic E-state index is 5.42. The molecule has 1 aromatic carbocycles. The molecular formula is C9H12INO2. The molecule has 0 heterocycles. The molecule has 0 aromatic heterocycles. The molecule has 0 fully saturated rings. The van der Waals surface area contributed by atoms with Crippen LogP contribution in [0.1, 0.15) is 0 Å². The average Bonchev–Trinajstić information content (AvgIpc) is 2.19. The summed E-state index contributed by atoms with van der Waals surface area (Å²) in [5.41, 5.74) is 0. The first-order chi connectivity index (χ1) is 6.36. The van der Waals surface area contributed by atoms with Gasteiger partial charge in [-0.1, -0.05) is 0 Å². The minimum atomic E-state index is 0.676. The molecule has 0 aliphatic heterocycles. The minimum Gasteiger partial charge on any atom is -0.497 e. The first kappa shape index (κ1) is 10.6. The second kappa shape index (κ2) is 6.04. The fourth-order valence-corrected chi connectivity index (χ4v) is 1.10. The van der Waals surface area contributed by atoms with Gasteiger partial charge in [-0.05, 0) is 24.3 Å². The summed E-state index contributed by atoms with van der Waals surface area (Å²) >= 11 is 2.09. The molecule has 3 nitrogen and oxygen atoms in total. The first-order valence-corrected chi connectivity index (χ1v) is 5.05. The molecule has 1 aromatic rings. The molecule has 0 aliphatic carbocycles. The number of hydrogen-bond acceptors (Lipinski definition) is 3. The standard InChI is InChI=1S/C9H12INO2/c1-12-8-2-4-9(5-3-8)13-7-6-11-10/h2-5,11H,6-7H2,1H3. The van der Waals surface area contributed by atoms with Gasteiger partial charge < -0.3 is 9.47 Å². The van der Waals surface area contributed by atoms with Gasteiger partial charge in [0.1, 0.15) is 18.1 Å². The highest BCUT2D eigenvalue weighted by molar-refractivity contribution is 14.1. The van der Waals surface area contributed by atoms with E-state index in [1.54, 1.807) is 7.11 Å². The van der Waals surface area contributed by atoms with Crippen LogP contribution in [0.3, 0.4) is 0 Å². The zero-order valence-electron chi connectivity index (χ0n) is 7.42. The second-order valence-electron chi connectivity index (χ2n) is 2.41. The van der Waals surface area contributed by atoms with Crippen LogP contribution in [0.5, 0.6) is 11.5 Å². The number of hydrogen-bond donors (Lipinski definition) is 1. The highest BCUT2D eigenvalue weighted by Gasteiger charge is 1.93. The van der Waals surface area contributed by atoms with Gasteiger partial charge in [0.05, 0.1) is 7.11 Å². The van der Waals surface area contributed by atoms with E-state index in [9.17, 15) is 0 Å². The molecule has 0 atom stereocenters. The smallest absolute Gasteiger partial charge is 0.119 e.